The number of hydrogen-bond acceptors (Lipinski definition) is 5. The Hall–Kier alpha value is -3.89. The maximum absolute atomic E-state index is 12.7. The van der Waals surface area contributed by atoms with Gasteiger partial charge in [-0.25, -0.2) is 4.68 Å². The molecule has 11 heteroatoms. The number of nitro groups is 1. The molecule has 30 heavy (non-hydrogen) atoms. The molecule has 0 fully saturated rings. The Morgan fingerprint density at radius 2 is 1.73 bits per heavy atom. The molecule has 2 aromatic carbocycles. The highest BCUT2D eigenvalue weighted by molar-refractivity contribution is 6.06. The molecular formula is C19H15F3N4O4. The second-order valence-corrected chi connectivity index (χ2v) is 6.25. The Kier molecular flexibility index (Phi) is 5.45. The van der Waals surface area contributed by atoms with E-state index in [9.17, 15) is 28.1 Å². The van der Waals surface area contributed by atoms with Crippen molar-refractivity contribution in [3.05, 3.63) is 76.1 Å². The summed E-state index contributed by atoms with van der Waals surface area (Å²) >= 11 is 0. The van der Waals surface area contributed by atoms with Gasteiger partial charge in [-0.15, -0.1) is 13.2 Å². The number of carbonyl (C=O) groups excluding carboxylic acids is 1. The second-order valence-electron chi connectivity index (χ2n) is 6.25. The van der Waals surface area contributed by atoms with Gasteiger partial charge in [-0.2, -0.15) is 5.10 Å². The molecule has 156 valence electrons. The smallest absolute Gasteiger partial charge is 0.406 e. The molecule has 0 aliphatic carbocycles. The molecule has 1 heterocycles. The Labute approximate surface area is 168 Å². The summed E-state index contributed by atoms with van der Waals surface area (Å²) in [5.74, 6) is -0.885. The highest BCUT2D eigenvalue weighted by Gasteiger charge is 2.31. The third kappa shape index (κ3) is 4.57. The predicted octanol–water partition coefficient (Wildman–Crippen LogP) is 4.26. The monoisotopic (exact) mass is 420 g/mol. The van der Waals surface area contributed by atoms with Crippen LogP contribution in [0, 0.1) is 17.0 Å². The zero-order valence-electron chi connectivity index (χ0n) is 15.8. The largest absolute Gasteiger partial charge is 0.573 e. The molecule has 0 saturated carbocycles. The van der Waals surface area contributed by atoms with Gasteiger partial charge in [0.25, 0.3) is 11.6 Å². The normalized spacial score (nSPS) is 11.2. The van der Waals surface area contributed by atoms with E-state index in [1.165, 1.54) is 53.0 Å². The summed E-state index contributed by atoms with van der Waals surface area (Å²) in [6.45, 7) is 1.68. The first-order chi connectivity index (χ1) is 14.0. The number of nitro benzene ring substituents is 1. The number of anilines is 1. The fraction of sp³-hybridized carbons (Fsp3) is 0.158. The lowest BCUT2D eigenvalue weighted by Crippen LogP contribution is -2.26. The number of ether oxygens (including phenoxy) is 1. The van der Waals surface area contributed by atoms with E-state index in [-0.39, 0.29) is 11.3 Å². The highest BCUT2D eigenvalue weighted by atomic mass is 19.4. The molecule has 0 unspecified atom stereocenters. The van der Waals surface area contributed by atoms with E-state index in [4.69, 9.17) is 0 Å². The molecule has 3 aromatic rings. The van der Waals surface area contributed by atoms with Crippen LogP contribution in [0.3, 0.4) is 0 Å². The van der Waals surface area contributed by atoms with Crippen molar-refractivity contribution in [2.75, 3.05) is 11.9 Å². The number of alkyl halides is 3. The Bertz CT molecular complexity index is 1080. The van der Waals surface area contributed by atoms with Gasteiger partial charge in [-0.05, 0) is 43.3 Å². The van der Waals surface area contributed by atoms with Crippen molar-refractivity contribution in [2.24, 2.45) is 0 Å². The number of benzene rings is 2. The minimum absolute atomic E-state index is 0.0619. The number of aromatic nitrogens is 2. The zero-order valence-corrected chi connectivity index (χ0v) is 15.8. The summed E-state index contributed by atoms with van der Waals surface area (Å²) in [6.07, 6.45) is -3.23. The van der Waals surface area contributed by atoms with Crippen LogP contribution in [-0.4, -0.2) is 34.0 Å². The standard InChI is InChI=1S/C19H15F3N4O4/c1-12-17(11-25(23-12)14-5-7-15(8-6-14)26(28)29)24(2)18(27)13-3-9-16(10-4-13)30-19(20,21)22/h3-11H,1-2H3. The average molecular weight is 420 g/mol. The van der Waals surface area contributed by atoms with E-state index in [0.29, 0.717) is 17.1 Å². The van der Waals surface area contributed by atoms with Gasteiger partial charge in [0, 0.05) is 24.7 Å². The summed E-state index contributed by atoms with van der Waals surface area (Å²) in [5.41, 5.74) is 1.64. The number of nitrogens with zero attached hydrogens (tertiary/aromatic N) is 4. The summed E-state index contributed by atoms with van der Waals surface area (Å²) in [4.78, 5) is 24.3. The number of non-ortho nitro benzene ring substituents is 1. The van der Waals surface area contributed by atoms with Gasteiger partial charge in [0.15, 0.2) is 0 Å². The van der Waals surface area contributed by atoms with Crippen molar-refractivity contribution in [1.82, 2.24) is 9.78 Å². The van der Waals surface area contributed by atoms with E-state index in [2.05, 4.69) is 9.84 Å². The maximum atomic E-state index is 12.7. The maximum Gasteiger partial charge on any atom is 0.573 e. The van der Waals surface area contributed by atoms with Crippen LogP contribution in [0.1, 0.15) is 16.1 Å². The van der Waals surface area contributed by atoms with E-state index < -0.39 is 22.9 Å². The Balaban J connectivity index is 1.80. The van der Waals surface area contributed by atoms with E-state index in [1.807, 2.05) is 0 Å². The van der Waals surface area contributed by atoms with E-state index in [1.54, 1.807) is 13.1 Å². The van der Waals surface area contributed by atoms with Gasteiger partial charge >= 0.3 is 6.36 Å². The average Bonchev–Trinajstić information content (AvgIpc) is 3.08. The molecule has 0 aliphatic rings. The molecule has 0 saturated heterocycles. The first kappa shape index (κ1) is 20.8. The number of amides is 1. The predicted molar refractivity (Wildman–Crippen MR) is 101 cm³/mol. The van der Waals surface area contributed by atoms with Crippen molar-refractivity contribution < 1.29 is 27.6 Å². The van der Waals surface area contributed by atoms with Gasteiger partial charge in [0.05, 0.1) is 28.2 Å². The summed E-state index contributed by atoms with van der Waals surface area (Å²) in [7, 11) is 1.51. The molecular weight excluding hydrogens is 405 g/mol. The number of hydrogen-bond donors (Lipinski definition) is 0. The molecule has 0 bridgehead atoms. The van der Waals surface area contributed by atoms with Gasteiger partial charge in [0.2, 0.25) is 0 Å². The van der Waals surface area contributed by atoms with Crippen LogP contribution < -0.4 is 9.64 Å². The van der Waals surface area contributed by atoms with Crippen molar-refractivity contribution in [1.29, 1.82) is 0 Å². The van der Waals surface area contributed by atoms with Crippen molar-refractivity contribution in [3.63, 3.8) is 0 Å². The number of carbonyl (C=O) groups is 1. The molecule has 0 radical (unpaired) electrons. The summed E-state index contributed by atoms with van der Waals surface area (Å²) < 4.78 is 42.0. The zero-order chi connectivity index (χ0) is 22.1. The Morgan fingerprint density at radius 1 is 1.13 bits per heavy atom. The number of aryl methyl sites for hydroxylation is 1. The van der Waals surface area contributed by atoms with Crippen LogP contribution in [0.2, 0.25) is 0 Å². The van der Waals surface area contributed by atoms with Gasteiger partial charge in [-0.1, -0.05) is 0 Å². The van der Waals surface area contributed by atoms with Crippen LogP contribution in [0.25, 0.3) is 5.69 Å². The number of rotatable bonds is 5. The minimum atomic E-state index is -4.81. The Morgan fingerprint density at radius 3 is 2.27 bits per heavy atom. The third-order valence-corrected chi connectivity index (χ3v) is 4.20. The van der Waals surface area contributed by atoms with Crippen LogP contribution in [-0.2, 0) is 0 Å². The van der Waals surface area contributed by atoms with Gasteiger partial charge < -0.3 is 9.64 Å². The van der Waals surface area contributed by atoms with Crippen molar-refractivity contribution in [2.45, 2.75) is 13.3 Å². The molecule has 0 atom stereocenters. The summed E-state index contributed by atoms with van der Waals surface area (Å²) in [6, 6.07) is 10.3. The molecule has 0 aliphatic heterocycles. The van der Waals surface area contributed by atoms with E-state index in [0.717, 1.165) is 12.1 Å². The van der Waals surface area contributed by atoms with Crippen molar-refractivity contribution in [3.8, 4) is 11.4 Å². The lowest BCUT2D eigenvalue weighted by atomic mass is 10.2. The molecule has 8 nitrogen and oxygen atoms in total. The van der Waals surface area contributed by atoms with Crippen LogP contribution in [0.15, 0.2) is 54.7 Å². The fourth-order valence-electron chi connectivity index (χ4n) is 2.74. The lowest BCUT2D eigenvalue weighted by Gasteiger charge is -2.16. The SMILES string of the molecule is Cc1nn(-c2ccc([N+](=O)[O-])cc2)cc1N(C)C(=O)c1ccc(OC(F)(F)F)cc1. The second kappa shape index (κ2) is 7.85. The fourth-order valence-corrected chi connectivity index (χ4v) is 2.74. The third-order valence-electron chi connectivity index (χ3n) is 4.20. The topological polar surface area (TPSA) is 90.5 Å². The first-order valence-corrected chi connectivity index (χ1v) is 8.50. The van der Waals surface area contributed by atoms with Gasteiger partial charge in [0.1, 0.15) is 5.75 Å². The van der Waals surface area contributed by atoms with Crippen LogP contribution in [0.4, 0.5) is 24.5 Å². The van der Waals surface area contributed by atoms with E-state index >= 15 is 0 Å². The highest BCUT2D eigenvalue weighted by Crippen LogP contribution is 2.25. The quantitative estimate of drug-likeness (QED) is 0.454. The van der Waals surface area contributed by atoms with Crippen LogP contribution >= 0.6 is 0 Å². The molecule has 1 amide bonds. The number of halogens is 3. The summed E-state index contributed by atoms with van der Waals surface area (Å²) in [5, 5.41) is 15.1. The first-order valence-electron chi connectivity index (χ1n) is 8.50. The molecule has 3 rings (SSSR count). The van der Waals surface area contributed by atoms with Gasteiger partial charge in [-0.3, -0.25) is 14.9 Å². The lowest BCUT2D eigenvalue weighted by molar-refractivity contribution is -0.384. The van der Waals surface area contributed by atoms with Crippen LogP contribution in [0.5, 0.6) is 5.75 Å². The molecule has 1 aromatic heterocycles. The molecule has 0 spiro atoms. The van der Waals surface area contributed by atoms with Crippen molar-refractivity contribution >= 4 is 17.3 Å². The minimum Gasteiger partial charge on any atom is -0.406 e. The molecule has 0 N–H and O–H groups in total.